The fourth-order valence-corrected chi connectivity index (χ4v) is 4.35. The smallest absolute Gasteiger partial charge is 0.180 e. The van der Waals surface area contributed by atoms with Gasteiger partial charge in [-0.15, -0.1) is 11.6 Å². The first kappa shape index (κ1) is 14.7. The maximum Gasteiger partial charge on any atom is 0.180 e. The molecule has 1 aromatic carbocycles. The highest BCUT2D eigenvalue weighted by atomic mass is 35.5. The van der Waals surface area contributed by atoms with Crippen molar-refractivity contribution >= 4 is 27.1 Å². The number of sulfone groups is 1. The van der Waals surface area contributed by atoms with Gasteiger partial charge in [-0.25, -0.2) is 8.42 Å². The van der Waals surface area contributed by atoms with E-state index >= 15 is 0 Å². The van der Waals surface area contributed by atoms with Crippen LogP contribution in [-0.2, 0) is 9.84 Å². The van der Waals surface area contributed by atoms with E-state index in [9.17, 15) is 8.42 Å². The molecule has 1 aliphatic rings. The SMILES string of the molecule is CCCS(=O)(=O)c1ccccc1N1CCC(CCl)C1. The van der Waals surface area contributed by atoms with Crippen molar-refractivity contribution in [3.63, 3.8) is 0 Å². The number of halogens is 1. The van der Waals surface area contributed by atoms with E-state index in [1.54, 1.807) is 12.1 Å². The predicted molar refractivity (Wildman–Crippen MR) is 79.8 cm³/mol. The van der Waals surface area contributed by atoms with Gasteiger partial charge in [0.15, 0.2) is 9.84 Å². The number of hydrogen-bond acceptors (Lipinski definition) is 3. The average Bonchev–Trinajstić information content (AvgIpc) is 2.87. The quantitative estimate of drug-likeness (QED) is 0.785. The Hall–Kier alpha value is -0.740. The average molecular weight is 302 g/mol. The molecule has 1 atom stereocenters. The van der Waals surface area contributed by atoms with E-state index in [1.807, 2.05) is 19.1 Å². The molecule has 0 saturated carbocycles. The molecule has 0 aromatic heterocycles. The van der Waals surface area contributed by atoms with Crippen molar-refractivity contribution in [2.75, 3.05) is 29.6 Å². The van der Waals surface area contributed by atoms with Gasteiger partial charge < -0.3 is 4.90 Å². The fourth-order valence-electron chi connectivity index (χ4n) is 2.54. The second-order valence-corrected chi connectivity index (χ2v) is 7.43. The summed E-state index contributed by atoms with van der Waals surface area (Å²) >= 11 is 5.90. The highest BCUT2D eigenvalue weighted by Crippen LogP contribution is 2.31. The van der Waals surface area contributed by atoms with Crippen LogP contribution in [0.25, 0.3) is 0 Å². The topological polar surface area (TPSA) is 37.4 Å². The summed E-state index contributed by atoms with van der Waals surface area (Å²) < 4.78 is 24.6. The first-order valence-electron chi connectivity index (χ1n) is 6.71. The maximum absolute atomic E-state index is 12.3. The van der Waals surface area contributed by atoms with E-state index in [-0.39, 0.29) is 5.75 Å². The number of rotatable bonds is 5. The van der Waals surface area contributed by atoms with Gasteiger partial charge in [-0.1, -0.05) is 19.1 Å². The lowest BCUT2D eigenvalue weighted by Gasteiger charge is -2.21. The lowest BCUT2D eigenvalue weighted by atomic mass is 10.2. The Morgan fingerprint density at radius 2 is 2.11 bits per heavy atom. The Balaban J connectivity index is 2.32. The molecule has 0 bridgehead atoms. The van der Waals surface area contributed by atoms with Crippen LogP contribution < -0.4 is 4.90 Å². The van der Waals surface area contributed by atoms with Crippen LogP contribution in [0.1, 0.15) is 19.8 Å². The zero-order chi connectivity index (χ0) is 13.9. The molecule has 1 unspecified atom stereocenters. The summed E-state index contributed by atoms with van der Waals surface area (Å²) in [6.07, 6.45) is 1.67. The third kappa shape index (κ3) is 3.23. The van der Waals surface area contributed by atoms with Crippen molar-refractivity contribution in [1.82, 2.24) is 0 Å². The molecule has 3 nitrogen and oxygen atoms in total. The van der Waals surface area contributed by atoms with Crippen LogP contribution in [0.2, 0.25) is 0 Å². The first-order chi connectivity index (χ1) is 9.08. The lowest BCUT2D eigenvalue weighted by Crippen LogP contribution is -2.22. The minimum atomic E-state index is -3.18. The highest BCUT2D eigenvalue weighted by molar-refractivity contribution is 7.91. The van der Waals surface area contributed by atoms with Crippen molar-refractivity contribution in [2.45, 2.75) is 24.7 Å². The molecular formula is C14H20ClNO2S. The summed E-state index contributed by atoms with van der Waals surface area (Å²) in [5.74, 6) is 1.31. The molecule has 0 radical (unpaired) electrons. The molecule has 0 N–H and O–H groups in total. The van der Waals surface area contributed by atoms with E-state index in [2.05, 4.69) is 4.90 Å². The van der Waals surface area contributed by atoms with Gasteiger partial charge in [0, 0.05) is 19.0 Å². The minimum Gasteiger partial charge on any atom is -0.370 e. The Labute approximate surface area is 120 Å². The third-order valence-corrected chi connectivity index (χ3v) is 5.92. The number of nitrogens with zero attached hydrogens (tertiary/aromatic N) is 1. The Kier molecular flexibility index (Phi) is 4.74. The van der Waals surface area contributed by atoms with Crippen LogP contribution >= 0.6 is 11.6 Å². The van der Waals surface area contributed by atoms with Gasteiger partial charge in [0.1, 0.15) is 0 Å². The van der Waals surface area contributed by atoms with Crippen molar-refractivity contribution in [3.05, 3.63) is 24.3 Å². The van der Waals surface area contributed by atoms with Crippen LogP contribution in [0.5, 0.6) is 0 Å². The van der Waals surface area contributed by atoms with Crippen LogP contribution in [0.4, 0.5) is 5.69 Å². The summed E-state index contributed by atoms with van der Waals surface area (Å²) in [7, 11) is -3.18. The normalized spacial score (nSPS) is 19.9. The summed E-state index contributed by atoms with van der Waals surface area (Å²) in [5.41, 5.74) is 0.837. The largest absolute Gasteiger partial charge is 0.370 e. The van der Waals surface area contributed by atoms with E-state index in [4.69, 9.17) is 11.6 Å². The van der Waals surface area contributed by atoms with Crippen molar-refractivity contribution < 1.29 is 8.42 Å². The molecule has 106 valence electrons. The molecule has 19 heavy (non-hydrogen) atoms. The third-order valence-electron chi connectivity index (χ3n) is 3.52. The van der Waals surface area contributed by atoms with E-state index in [0.29, 0.717) is 23.1 Å². The second-order valence-electron chi connectivity index (χ2n) is 5.04. The van der Waals surface area contributed by atoms with Gasteiger partial charge >= 0.3 is 0 Å². The minimum absolute atomic E-state index is 0.205. The van der Waals surface area contributed by atoms with Crippen LogP contribution in [0.3, 0.4) is 0 Å². The van der Waals surface area contributed by atoms with Gasteiger partial charge in [-0.05, 0) is 30.9 Å². The molecule has 1 fully saturated rings. The van der Waals surface area contributed by atoms with E-state index in [1.165, 1.54) is 0 Å². The molecule has 0 amide bonds. The van der Waals surface area contributed by atoms with Crippen molar-refractivity contribution in [3.8, 4) is 0 Å². The molecule has 2 rings (SSSR count). The van der Waals surface area contributed by atoms with Crippen LogP contribution in [0, 0.1) is 5.92 Å². The van der Waals surface area contributed by atoms with Crippen molar-refractivity contribution in [1.29, 1.82) is 0 Å². The van der Waals surface area contributed by atoms with E-state index in [0.717, 1.165) is 25.2 Å². The molecule has 1 heterocycles. The molecule has 5 heteroatoms. The summed E-state index contributed by atoms with van der Waals surface area (Å²) in [6.45, 7) is 3.62. The Morgan fingerprint density at radius 1 is 1.37 bits per heavy atom. The molecule has 0 spiro atoms. The molecule has 1 aromatic rings. The number of benzene rings is 1. The number of para-hydroxylation sites is 1. The molecule has 1 saturated heterocycles. The molecular weight excluding hydrogens is 282 g/mol. The van der Waals surface area contributed by atoms with Gasteiger partial charge in [-0.3, -0.25) is 0 Å². The summed E-state index contributed by atoms with van der Waals surface area (Å²) in [4.78, 5) is 2.61. The number of anilines is 1. The summed E-state index contributed by atoms with van der Waals surface area (Å²) in [6, 6.07) is 7.31. The lowest BCUT2D eigenvalue weighted by molar-refractivity contribution is 0.594. The van der Waals surface area contributed by atoms with Gasteiger partial charge in [-0.2, -0.15) is 0 Å². The number of alkyl halides is 1. The fraction of sp³-hybridized carbons (Fsp3) is 0.571. The second kappa shape index (κ2) is 6.14. The highest BCUT2D eigenvalue weighted by Gasteiger charge is 2.26. The Morgan fingerprint density at radius 3 is 2.74 bits per heavy atom. The predicted octanol–water partition coefficient (Wildman–Crippen LogP) is 2.94. The van der Waals surface area contributed by atoms with Gasteiger partial charge in [0.2, 0.25) is 0 Å². The summed E-state index contributed by atoms with van der Waals surface area (Å²) in [5, 5.41) is 0. The maximum atomic E-state index is 12.3. The zero-order valence-corrected chi connectivity index (χ0v) is 12.8. The van der Waals surface area contributed by atoms with Gasteiger partial charge in [0.05, 0.1) is 16.3 Å². The monoisotopic (exact) mass is 301 g/mol. The van der Waals surface area contributed by atoms with Gasteiger partial charge in [0.25, 0.3) is 0 Å². The zero-order valence-electron chi connectivity index (χ0n) is 11.2. The van der Waals surface area contributed by atoms with Crippen molar-refractivity contribution in [2.24, 2.45) is 5.92 Å². The Bertz CT molecular complexity index is 530. The molecule has 1 aliphatic heterocycles. The first-order valence-corrected chi connectivity index (χ1v) is 8.90. The molecule has 0 aliphatic carbocycles. The number of hydrogen-bond donors (Lipinski definition) is 0. The van der Waals surface area contributed by atoms with E-state index < -0.39 is 9.84 Å². The standard InChI is InChI=1S/C14H20ClNO2S/c1-2-9-19(17,18)14-6-4-3-5-13(14)16-8-7-12(10-15)11-16/h3-6,12H,2,7-11H2,1H3. The van der Waals surface area contributed by atoms with Crippen LogP contribution in [0.15, 0.2) is 29.2 Å². The van der Waals surface area contributed by atoms with Crippen LogP contribution in [-0.4, -0.2) is 33.1 Å².